The number of rotatable bonds is 6. The number of tetrazole rings is 1. The Bertz CT molecular complexity index is 786. The van der Waals surface area contributed by atoms with Gasteiger partial charge in [0.1, 0.15) is 11.7 Å². The second-order valence-corrected chi connectivity index (χ2v) is 5.13. The van der Waals surface area contributed by atoms with Crippen molar-refractivity contribution in [1.82, 2.24) is 20.2 Å². The van der Waals surface area contributed by atoms with Crippen LogP contribution in [0.4, 0.5) is 5.95 Å². The monoisotopic (exact) mass is 331 g/mol. The van der Waals surface area contributed by atoms with Crippen molar-refractivity contribution in [3.8, 4) is 11.5 Å². The van der Waals surface area contributed by atoms with Crippen molar-refractivity contribution in [2.24, 2.45) is 0 Å². The standard InChI is InChI=1S/C15H17N5O4/c1-3-7-24-13-9(5-4-6-12(13)23-2)11-8-10(14(21)22)16-15-17-18-19-20(11)15/h4-6,8,11H,3,7H2,1-2H3,(H,21,22)(H,16,17,19). The number of nitrogens with zero attached hydrogens (tertiary/aromatic N) is 4. The maximum absolute atomic E-state index is 11.4. The van der Waals surface area contributed by atoms with Gasteiger partial charge in [-0.05, 0) is 29.0 Å². The molecule has 0 saturated heterocycles. The maximum atomic E-state index is 11.4. The molecule has 126 valence electrons. The lowest BCUT2D eigenvalue weighted by atomic mass is 10.0. The van der Waals surface area contributed by atoms with E-state index < -0.39 is 12.0 Å². The molecule has 1 aromatic carbocycles. The van der Waals surface area contributed by atoms with Crippen molar-refractivity contribution < 1.29 is 19.4 Å². The Hall–Kier alpha value is -3.10. The third kappa shape index (κ3) is 2.75. The number of nitrogens with one attached hydrogen (secondary N) is 1. The zero-order chi connectivity index (χ0) is 17.1. The molecule has 0 bridgehead atoms. The molecule has 1 aliphatic heterocycles. The van der Waals surface area contributed by atoms with Crippen molar-refractivity contribution in [2.45, 2.75) is 19.4 Å². The van der Waals surface area contributed by atoms with E-state index in [4.69, 9.17) is 9.47 Å². The molecule has 0 amide bonds. The molecule has 1 atom stereocenters. The van der Waals surface area contributed by atoms with E-state index in [2.05, 4.69) is 20.8 Å². The second kappa shape index (κ2) is 6.57. The van der Waals surface area contributed by atoms with Crippen molar-refractivity contribution in [3.63, 3.8) is 0 Å². The number of hydrogen-bond acceptors (Lipinski definition) is 7. The van der Waals surface area contributed by atoms with Crippen LogP contribution in [0.1, 0.15) is 24.9 Å². The number of carbonyl (C=O) groups is 1. The number of ether oxygens (including phenoxy) is 2. The van der Waals surface area contributed by atoms with E-state index in [1.807, 2.05) is 19.1 Å². The molecule has 9 heteroatoms. The lowest BCUT2D eigenvalue weighted by molar-refractivity contribution is -0.132. The van der Waals surface area contributed by atoms with Crippen LogP contribution in [-0.4, -0.2) is 45.0 Å². The summed E-state index contributed by atoms with van der Waals surface area (Å²) in [6, 6.07) is 4.92. The number of allylic oxidation sites excluding steroid dienone is 1. The fraction of sp³-hybridized carbons (Fsp3) is 0.333. The first-order valence-electron chi connectivity index (χ1n) is 7.45. The van der Waals surface area contributed by atoms with Crippen LogP contribution < -0.4 is 14.8 Å². The average molecular weight is 331 g/mol. The first-order valence-corrected chi connectivity index (χ1v) is 7.45. The minimum atomic E-state index is -1.09. The van der Waals surface area contributed by atoms with Crippen molar-refractivity contribution in [1.29, 1.82) is 0 Å². The van der Waals surface area contributed by atoms with Gasteiger partial charge in [-0.3, -0.25) is 0 Å². The van der Waals surface area contributed by atoms with Crippen molar-refractivity contribution in [2.75, 3.05) is 19.0 Å². The first-order chi connectivity index (χ1) is 11.7. The third-order valence-corrected chi connectivity index (χ3v) is 3.56. The van der Waals surface area contributed by atoms with Gasteiger partial charge in [0.25, 0.3) is 0 Å². The number of carboxylic acids is 1. The molecular weight excluding hydrogens is 314 g/mol. The van der Waals surface area contributed by atoms with Gasteiger partial charge in [0.05, 0.1) is 13.7 Å². The molecule has 9 nitrogen and oxygen atoms in total. The van der Waals surface area contributed by atoms with Gasteiger partial charge in [0.2, 0.25) is 5.95 Å². The molecule has 2 N–H and O–H groups in total. The van der Waals surface area contributed by atoms with Crippen LogP contribution in [0.25, 0.3) is 0 Å². The highest BCUT2D eigenvalue weighted by molar-refractivity contribution is 5.90. The minimum absolute atomic E-state index is 0.00608. The summed E-state index contributed by atoms with van der Waals surface area (Å²) < 4.78 is 12.7. The highest BCUT2D eigenvalue weighted by Crippen LogP contribution is 2.39. The van der Waals surface area contributed by atoms with Gasteiger partial charge in [0, 0.05) is 5.56 Å². The third-order valence-electron chi connectivity index (χ3n) is 3.56. The molecule has 0 radical (unpaired) electrons. The van der Waals surface area contributed by atoms with Crippen LogP contribution in [0.3, 0.4) is 0 Å². The van der Waals surface area contributed by atoms with E-state index in [0.717, 1.165) is 12.0 Å². The summed E-state index contributed by atoms with van der Waals surface area (Å²) in [4.78, 5) is 11.4. The zero-order valence-corrected chi connectivity index (χ0v) is 13.3. The molecule has 0 saturated carbocycles. The molecular formula is C15H17N5O4. The van der Waals surface area contributed by atoms with Crippen LogP contribution in [0.5, 0.6) is 11.5 Å². The van der Waals surface area contributed by atoms with E-state index in [9.17, 15) is 9.90 Å². The predicted molar refractivity (Wildman–Crippen MR) is 84.1 cm³/mol. The number of fused-ring (bicyclic) bond motifs is 1. The molecule has 2 aromatic rings. The van der Waals surface area contributed by atoms with E-state index in [1.165, 1.54) is 4.68 Å². The lowest BCUT2D eigenvalue weighted by Crippen LogP contribution is -2.24. The van der Waals surface area contributed by atoms with E-state index in [0.29, 0.717) is 18.1 Å². The molecule has 0 spiro atoms. The SMILES string of the molecule is CCCOc1c(OC)cccc1C1C=C(C(=O)O)Nc2nnnn21. The normalized spacial score (nSPS) is 15.9. The lowest BCUT2D eigenvalue weighted by Gasteiger charge is -2.24. The Kier molecular flexibility index (Phi) is 4.32. The van der Waals surface area contributed by atoms with Crippen molar-refractivity contribution in [3.05, 3.63) is 35.5 Å². The van der Waals surface area contributed by atoms with Crippen LogP contribution in [0.15, 0.2) is 30.0 Å². The van der Waals surface area contributed by atoms with Crippen LogP contribution in [0, 0.1) is 0 Å². The molecule has 3 rings (SSSR count). The quantitative estimate of drug-likeness (QED) is 0.818. The number of para-hydroxylation sites is 1. The van der Waals surface area contributed by atoms with E-state index in [-0.39, 0.29) is 11.6 Å². The number of hydrogen-bond donors (Lipinski definition) is 2. The molecule has 1 aromatic heterocycles. The smallest absolute Gasteiger partial charge is 0.352 e. The Balaban J connectivity index is 2.12. The summed E-state index contributed by atoms with van der Waals surface area (Å²) in [5.74, 6) is 0.285. The van der Waals surface area contributed by atoms with Crippen LogP contribution in [-0.2, 0) is 4.79 Å². The first kappa shape index (κ1) is 15.8. The topological polar surface area (TPSA) is 111 Å². The van der Waals surface area contributed by atoms with E-state index in [1.54, 1.807) is 19.3 Å². The fourth-order valence-electron chi connectivity index (χ4n) is 2.49. The molecule has 1 aliphatic rings. The summed E-state index contributed by atoms with van der Waals surface area (Å²) in [5.41, 5.74) is 0.725. The number of benzene rings is 1. The summed E-state index contributed by atoms with van der Waals surface area (Å²) in [6.45, 7) is 2.51. The Morgan fingerprint density at radius 3 is 3.00 bits per heavy atom. The van der Waals surface area contributed by atoms with E-state index >= 15 is 0 Å². The highest BCUT2D eigenvalue weighted by atomic mass is 16.5. The maximum Gasteiger partial charge on any atom is 0.352 e. The number of carboxylic acid groups (broad SMARTS) is 1. The fourth-order valence-corrected chi connectivity index (χ4v) is 2.49. The molecule has 0 fully saturated rings. The zero-order valence-electron chi connectivity index (χ0n) is 13.3. The highest BCUT2D eigenvalue weighted by Gasteiger charge is 2.29. The Morgan fingerprint density at radius 2 is 2.29 bits per heavy atom. The van der Waals surface area contributed by atoms with Gasteiger partial charge >= 0.3 is 5.97 Å². The number of methoxy groups -OCH3 is 1. The van der Waals surface area contributed by atoms with Gasteiger partial charge in [-0.15, -0.1) is 0 Å². The van der Waals surface area contributed by atoms with Gasteiger partial charge in [-0.2, -0.15) is 4.68 Å². The molecule has 2 heterocycles. The number of aliphatic carboxylic acids is 1. The van der Waals surface area contributed by atoms with Crippen LogP contribution >= 0.6 is 0 Å². The van der Waals surface area contributed by atoms with Gasteiger partial charge in [0.15, 0.2) is 11.5 Å². The number of aromatic nitrogens is 4. The van der Waals surface area contributed by atoms with Gasteiger partial charge in [-0.25, -0.2) is 4.79 Å². The van der Waals surface area contributed by atoms with Gasteiger partial charge in [-0.1, -0.05) is 24.2 Å². The summed E-state index contributed by atoms with van der Waals surface area (Å²) >= 11 is 0. The molecule has 24 heavy (non-hydrogen) atoms. The second-order valence-electron chi connectivity index (χ2n) is 5.13. The average Bonchev–Trinajstić information content (AvgIpc) is 3.07. The van der Waals surface area contributed by atoms with Crippen LogP contribution in [0.2, 0.25) is 0 Å². The predicted octanol–water partition coefficient (Wildman–Crippen LogP) is 1.45. The summed E-state index contributed by atoms with van der Waals surface area (Å²) in [5, 5.41) is 23.4. The Morgan fingerprint density at radius 1 is 1.46 bits per heavy atom. The minimum Gasteiger partial charge on any atom is -0.493 e. The number of anilines is 1. The largest absolute Gasteiger partial charge is 0.493 e. The summed E-state index contributed by atoms with van der Waals surface area (Å²) in [7, 11) is 1.56. The Labute approximate surface area is 137 Å². The molecule has 1 unspecified atom stereocenters. The van der Waals surface area contributed by atoms with Crippen molar-refractivity contribution >= 4 is 11.9 Å². The molecule has 0 aliphatic carbocycles. The summed E-state index contributed by atoms with van der Waals surface area (Å²) in [6.07, 6.45) is 2.37. The van der Waals surface area contributed by atoms with Gasteiger partial charge < -0.3 is 19.9 Å².